The highest BCUT2D eigenvalue weighted by Crippen LogP contribution is 2.26. The number of hydrogen-bond donors (Lipinski definition) is 0. The van der Waals surface area contributed by atoms with Crippen LogP contribution >= 0.6 is 34.7 Å². The van der Waals surface area contributed by atoms with Crippen LogP contribution in [0, 0.1) is 0 Å². The molecule has 0 aliphatic carbocycles. The topological polar surface area (TPSA) is 73.3 Å². The second-order valence-electron chi connectivity index (χ2n) is 4.81. The summed E-state index contributed by atoms with van der Waals surface area (Å²) in [6, 6.07) is 8.68. The van der Waals surface area contributed by atoms with E-state index < -0.39 is 0 Å². The van der Waals surface area contributed by atoms with Crippen molar-refractivity contribution in [3.8, 4) is 11.5 Å². The maximum atomic E-state index is 11.9. The third kappa shape index (κ3) is 3.08. The number of halogens is 1. The van der Waals surface area contributed by atoms with E-state index >= 15 is 0 Å². The Morgan fingerprint density at radius 2 is 2.08 bits per heavy atom. The van der Waals surface area contributed by atoms with E-state index in [9.17, 15) is 4.79 Å². The molecule has 0 aliphatic heterocycles. The van der Waals surface area contributed by atoms with Gasteiger partial charge in [0.1, 0.15) is 0 Å². The van der Waals surface area contributed by atoms with Crippen molar-refractivity contribution in [2.75, 3.05) is 0 Å². The third-order valence-electron chi connectivity index (χ3n) is 3.20. The lowest BCUT2D eigenvalue weighted by molar-refractivity contribution is 0.466. The molecule has 0 spiro atoms. The predicted octanol–water partition coefficient (Wildman–Crippen LogP) is 3.75. The first kappa shape index (κ1) is 15.4. The van der Waals surface area contributed by atoms with Gasteiger partial charge in [-0.1, -0.05) is 23.4 Å². The van der Waals surface area contributed by atoms with Gasteiger partial charge in [0.25, 0.3) is 10.8 Å². The van der Waals surface area contributed by atoms with Crippen LogP contribution in [0.5, 0.6) is 0 Å². The van der Waals surface area contributed by atoms with Gasteiger partial charge in [0.2, 0.25) is 5.89 Å². The molecular weight excluding hydrogens is 368 g/mol. The van der Waals surface area contributed by atoms with Crippen molar-refractivity contribution >= 4 is 39.7 Å². The molecule has 0 saturated carbocycles. The molecule has 24 heavy (non-hydrogen) atoms. The second-order valence-corrected chi connectivity index (χ2v) is 7.05. The monoisotopic (exact) mass is 376 g/mol. The van der Waals surface area contributed by atoms with Gasteiger partial charge < -0.3 is 4.42 Å². The molecule has 0 bridgehead atoms. The van der Waals surface area contributed by atoms with E-state index in [1.165, 1.54) is 33.6 Å². The van der Waals surface area contributed by atoms with Gasteiger partial charge in [-0.25, -0.2) is 4.98 Å². The average Bonchev–Trinajstić information content (AvgIpc) is 3.23. The van der Waals surface area contributed by atoms with E-state index in [2.05, 4.69) is 15.2 Å². The predicted molar refractivity (Wildman–Crippen MR) is 93.6 cm³/mol. The number of rotatable bonds is 4. The van der Waals surface area contributed by atoms with Crippen LogP contribution in [0.1, 0.15) is 5.69 Å². The number of thioether (sulfide) groups is 1. The average molecular weight is 377 g/mol. The number of thiazole rings is 1. The Morgan fingerprint density at radius 3 is 2.92 bits per heavy atom. The lowest BCUT2D eigenvalue weighted by Gasteiger charge is -1.98. The zero-order valence-electron chi connectivity index (χ0n) is 12.0. The molecule has 0 saturated heterocycles. The lowest BCUT2D eigenvalue weighted by atomic mass is 10.2. The molecular formula is C15H9ClN4O2S2. The Bertz CT molecular complexity index is 1060. The quantitative estimate of drug-likeness (QED) is 0.505. The Kier molecular flexibility index (Phi) is 4.09. The van der Waals surface area contributed by atoms with Crippen LogP contribution in [-0.2, 0) is 5.75 Å². The van der Waals surface area contributed by atoms with E-state index in [0.29, 0.717) is 32.5 Å². The molecule has 0 aliphatic rings. The summed E-state index contributed by atoms with van der Waals surface area (Å²) in [6.45, 7) is 0. The van der Waals surface area contributed by atoms with E-state index in [4.69, 9.17) is 16.0 Å². The van der Waals surface area contributed by atoms with E-state index in [-0.39, 0.29) is 5.56 Å². The fourth-order valence-electron chi connectivity index (χ4n) is 2.07. The van der Waals surface area contributed by atoms with Gasteiger partial charge in [-0.05, 0) is 24.3 Å². The highest BCUT2D eigenvalue weighted by Gasteiger charge is 2.10. The molecule has 1 aromatic carbocycles. The molecule has 0 atom stereocenters. The van der Waals surface area contributed by atoms with Gasteiger partial charge in [-0.15, -0.1) is 21.5 Å². The summed E-state index contributed by atoms with van der Waals surface area (Å²) in [5, 5.41) is 10.9. The van der Waals surface area contributed by atoms with E-state index in [1.807, 2.05) is 17.5 Å². The minimum atomic E-state index is -0.0933. The number of benzene rings is 1. The van der Waals surface area contributed by atoms with Gasteiger partial charge in [0, 0.05) is 34.0 Å². The molecule has 0 N–H and O–H groups in total. The molecule has 0 radical (unpaired) electrons. The first-order valence-electron chi connectivity index (χ1n) is 6.87. The summed E-state index contributed by atoms with van der Waals surface area (Å²) in [7, 11) is 0. The second kappa shape index (κ2) is 6.39. The van der Waals surface area contributed by atoms with Crippen molar-refractivity contribution in [1.29, 1.82) is 0 Å². The summed E-state index contributed by atoms with van der Waals surface area (Å²) >= 11 is 8.62. The standard InChI is InChI=1S/C15H9ClN4O2S2/c16-10-3-1-9(2-4-10)13-18-19-15(22-13)24-8-11-7-12(21)20-5-6-23-14(20)17-11/h1-7H,8H2. The normalized spacial score (nSPS) is 11.2. The zero-order valence-corrected chi connectivity index (χ0v) is 14.4. The summed E-state index contributed by atoms with van der Waals surface area (Å²) in [6.07, 6.45) is 1.71. The first-order valence-corrected chi connectivity index (χ1v) is 9.11. The van der Waals surface area contributed by atoms with Gasteiger partial charge in [0.05, 0.1) is 5.69 Å². The Morgan fingerprint density at radius 1 is 1.25 bits per heavy atom. The van der Waals surface area contributed by atoms with Crippen molar-refractivity contribution in [3.05, 3.63) is 63.0 Å². The molecule has 0 fully saturated rings. The molecule has 6 nitrogen and oxygen atoms in total. The summed E-state index contributed by atoms with van der Waals surface area (Å²) in [4.78, 5) is 17.1. The van der Waals surface area contributed by atoms with Crippen LogP contribution in [0.3, 0.4) is 0 Å². The zero-order chi connectivity index (χ0) is 16.5. The van der Waals surface area contributed by atoms with Crippen molar-refractivity contribution < 1.29 is 4.42 Å². The van der Waals surface area contributed by atoms with Gasteiger partial charge >= 0.3 is 0 Å². The van der Waals surface area contributed by atoms with Gasteiger partial charge in [0.15, 0.2) is 4.96 Å². The van der Waals surface area contributed by atoms with Crippen LogP contribution in [0.25, 0.3) is 16.4 Å². The van der Waals surface area contributed by atoms with Crippen molar-refractivity contribution in [3.63, 3.8) is 0 Å². The molecule has 0 amide bonds. The fraction of sp³-hybridized carbons (Fsp3) is 0.0667. The van der Waals surface area contributed by atoms with Crippen molar-refractivity contribution in [2.45, 2.75) is 11.0 Å². The minimum Gasteiger partial charge on any atom is -0.411 e. The van der Waals surface area contributed by atoms with Gasteiger partial charge in [-0.2, -0.15) is 0 Å². The SMILES string of the molecule is O=c1cc(CSc2nnc(-c3ccc(Cl)cc3)o2)nc2sccn12. The molecule has 0 unspecified atom stereocenters. The van der Waals surface area contributed by atoms with Crippen LogP contribution in [-0.4, -0.2) is 19.6 Å². The van der Waals surface area contributed by atoms with E-state index in [1.54, 1.807) is 18.3 Å². The Labute approximate surface area is 149 Å². The van der Waals surface area contributed by atoms with Crippen molar-refractivity contribution in [1.82, 2.24) is 19.6 Å². The number of fused-ring (bicyclic) bond motifs is 1. The van der Waals surface area contributed by atoms with Crippen LogP contribution in [0.2, 0.25) is 5.02 Å². The highest BCUT2D eigenvalue weighted by atomic mass is 35.5. The van der Waals surface area contributed by atoms with E-state index in [0.717, 1.165) is 5.56 Å². The molecule has 4 aromatic rings. The Balaban J connectivity index is 1.51. The summed E-state index contributed by atoms with van der Waals surface area (Å²) < 4.78 is 7.14. The molecule has 4 rings (SSSR count). The maximum absolute atomic E-state index is 11.9. The minimum absolute atomic E-state index is 0.0933. The maximum Gasteiger partial charge on any atom is 0.277 e. The summed E-state index contributed by atoms with van der Waals surface area (Å²) in [5.41, 5.74) is 1.39. The largest absolute Gasteiger partial charge is 0.411 e. The van der Waals surface area contributed by atoms with Crippen LogP contribution in [0.15, 0.2) is 56.3 Å². The first-order chi connectivity index (χ1) is 11.7. The number of aromatic nitrogens is 4. The smallest absolute Gasteiger partial charge is 0.277 e. The molecule has 120 valence electrons. The van der Waals surface area contributed by atoms with Gasteiger partial charge in [-0.3, -0.25) is 9.20 Å². The molecule has 3 aromatic heterocycles. The van der Waals surface area contributed by atoms with Crippen LogP contribution < -0.4 is 5.56 Å². The number of nitrogens with zero attached hydrogens (tertiary/aromatic N) is 4. The molecule has 3 heterocycles. The summed E-state index contributed by atoms with van der Waals surface area (Å²) in [5.74, 6) is 0.905. The lowest BCUT2D eigenvalue weighted by Crippen LogP contribution is -2.12. The fourth-order valence-corrected chi connectivity index (χ4v) is 3.59. The molecule has 9 heteroatoms. The van der Waals surface area contributed by atoms with Crippen molar-refractivity contribution in [2.24, 2.45) is 0 Å². The Hall–Kier alpha value is -2.16. The number of hydrogen-bond acceptors (Lipinski definition) is 7. The highest BCUT2D eigenvalue weighted by molar-refractivity contribution is 7.98. The third-order valence-corrected chi connectivity index (χ3v) is 5.06. The van der Waals surface area contributed by atoms with Crippen LogP contribution in [0.4, 0.5) is 0 Å².